The molecule has 0 aliphatic rings. The number of alkyl halides is 3. The molecule has 0 unspecified atom stereocenters. The Morgan fingerprint density at radius 2 is 2.10 bits per heavy atom. The summed E-state index contributed by atoms with van der Waals surface area (Å²) in [4.78, 5) is 0. The number of rotatable bonds is 0. The van der Waals surface area contributed by atoms with Gasteiger partial charge in [0.15, 0.2) is 7.05 Å². The van der Waals surface area contributed by atoms with E-state index in [0.29, 0.717) is 0 Å². The molecule has 56 valence electrons. The molecule has 0 spiro atoms. The van der Waals surface area contributed by atoms with Crippen molar-refractivity contribution in [1.29, 1.82) is 0 Å². The number of hydrogen-bond acceptors (Lipinski definition) is 0. The van der Waals surface area contributed by atoms with Crippen LogP contribution in [0.1, 0.15) is 5.56 Å². The third-order valence-electron chi connectivity index (χ3n) is 1.08. The van der Waals surface area contributed by atoms with Gasteiger partial charge >= 0.3 is 6.18 Å². The molecule has 0 saturated carbocycles. The maximum atomic E-state index is 11.8. The highest BCUT2D eigenvalue weighted by atomic mass is 19.4. The summed E-state index contributed by atoms with van der Waals surface area (Å²) in [5.41, 5.74) is -0.657. The number of H-pyrrole nitrogens is 1. The fourth-order valence-corrected chi connectivity index (χ4v) is 0.610. The molecular weight excluding hydrogens is 145 g/mol. The highest BCUT2D eigenvalue weighted by Gasteiger charge is 2.34. The minimum absolute atomic E-state index is 0.657. The highest BCUT2D eigenvalue weighted by molar-refractivity contribution is 5.03. The van der Waals surface area contributed by atoms with Crippen molar-refractivity contribution in [3.05, 3.63) is 18.0 Å². The van der Waals surface area contributed by atoms with Gasteiger partial charge in [-0.15, -0.1) is 4.68 Å². The van der Waals surface area contributed by atoms with Crippen LogP contribution in [0.4, 0.5) is 13.2 Å². The summed E-state index contributed by atoms with van der Waals surface area (Å²) in [5, 5.41) is 2.37. The normalized spacial score (nSPS) is 12.0. The van der Waals surface area contributed by atoms with Gasteiger partial charge < -0.3 is 0 Å². The molecule has 1 aromatic heterocycles. The Bertz CT molecular complexity index is 225. The van der Waals surface area contributed by atoms with Crippen molar-refractivity contribution in [3.8, 4) is 0 Å². The Morgan fingerprint density at radius 3 is 2.30 bits per heavy atom. The van der Waals surface area contributed by atoms with Gasteiger partial charge in [-0.25, -0.2) is 0 Å². The Labute approximate surface area is 55.3 Å². The summed E-state index contributed by atoms with van der Waals surface area (Å²) in [6.45, 7) is 0. The first-order valence-electron chi connectivity index (χ1n) is 2.61. The molecule has 10 heavy (non-hydrogen) atoms. The van der Waals surface area contributed by atoms with Crippen molar-refractivity contribution in [2.24, 2.45) is 7.05 Å². The summed E-state index contributed by atoms with van der Waals surface area (Å²) in [6, 6.07) is 0. The molecule has 5 heteroatoms. The zero-order chi connectivity index (χ0) is 7.78. The van der Waals surface area contributed by atoms with Crippen molar-refractivity contribution in [1.82, 2.24) is 5.10 Å². The van der Waals surface area contributed by atoms with Crippen LogP contribution in [-0.2, 0) is 13.2 Å². The number of hydrogen-bond donors (Lipinski definition) is 1. The Hall–Kier alpha value is -1.00. The molecule has 0 atom stereocenters. The maximum Gasteiger partial charge on any atom is 0.423 e. The van der Waals surface area contributed by atoms with Crippen molar-refractivity contribution in [2.75, 3.05) is 0 Å². The van der Waals surface area contributed by atoms with Crippen LogP contribution in [0.15, 0.2) is 12.4 Å². The van der Waals surface area contributed by atoms with Gasteiger partial charge in [0.2, 0.25) is 6.20 Å². The van der Waals surface area contributed by atoms with E-state index in [9.17, 15) is 13.2 Å². The van der Waals surface area contributed by atoms with Crippen LogP contribution in [0.5, 0.6) is 0 Å². The summed E-state index contributed by atoms with van der Waals surface area (Å²) in [5.74, 6) is 0. The van der Waals surface area contributed by atoms with Crippen LogP contribution in [0.2, 0.25) is 0 Å². The third kappa shape index (κ3) is 1.29. The van der Waals surface area contributed by atoms with E-state index < -0.39 is 11.7 Å². The minimum atomic E-state index is -4.24. The molecule has 0 amide bonds. The van der Waals surface area contributed by atoms with Gasteiger partial charge in [0.05, 0.1) is 6.20 Å². The summed E-state index contributed by atoms with van der Waals surface area (Å²) >= 11 is 0. The second kappa shape index (κ2) is 2.00. The molecule has 1 heterocycles. The first-order chi connectivity index (χ1) is 4.50. The molecule has 0 radical (unpaired) electrons. The second-order valence-corrected chi connectivity index (χ2v) is 1.97. The van der Waals surface area contributed by atoms with E-state index >= 15 is 0 Å². The first-order valence-corrected chi connectivity index (χ1v) is 2.61. The average Bonchev–Trinajstić information content (AvgIpc) is 2.11. The number of nitrogens with zero attached hydrogens (tertiary/aromatic N) is 1. The molecule has 0 aromatic carbocycles. The number of aromatic amines is 1. The van der Waals surface area contributed by atoms with E-state index in [2.05, 4.69) is 5.10 Å². The zero-order valence-electron chi connectivity index (χ0n) is 5.24. The number of nitrogens with one attached hydrogen (secondary N) is 1. The van der Waals surface area contributed by atoms with E-state index in [1.54, 1.807) is 0 Å². The highest BCUT2D eigenvalue weighted by Crippen LogP contribution is 2.27. The zero-order valence-corrected chi connectivity index (χ0v) is 5.24. The van der Waals surface area contributed by atoms with Gasteiger partial charge in [-0.1, -0.05) is 0 Å². The Kier molecular flexibility index (Phi) is 1.42. The van der Waals surface area contributed by atoms with E-state index in [4.69, 9.17) is 0 Å². The smallest absolute Gasteiger partial charge is 0.173 e. The van der Waals surface area contributed by atoms with Gasteiger partial charge in [0.1, 0.15) is 5.56 Å². The van der Waals surface area contributed by atoms with E-state index in [1.165, 1.54) is 11.7 Å². The van der Waals surface area contributed by atoms with Crippen molar-refractivity contribution in [2.45, 2.75) is 6.18 Å². The lowest BCUT2D eigenvalue weighted by atomic mass is 10.4. The van der Waals surface area contributed by atoms with Crippen molar-refractivity contribution < 1.29 is 17.9 Å². The predicted molar refractivity (Wildman–Crippen MR) is 27.0 cm³/mol. The van der Waals surface area contributed by atoms with E-state index in [0.717, 1.165) is 12.4 Å². The fraction of sp³-hybridized carbons (Fsp3) is 0.400. The molecule has 0 saturated heterocycles. The molecule has 0 bridgehead atoms. The minimum Gasteiger partial charge on any atom is -0.173 e. The van der Waals surface area contributed by atoms with E-state index in [-0.39, 0.29) is 0 Å². The standard InChI is InChI=1S/C5H5F3N2/c1-10-3-4(2-9-10)5(6,7)8/h2-3H,1H3/p+1. The second-order valence-electron chi connectivity index (χ2n) is 1.97. The summed E-state index contributed by atoms with van der Waals surface area (Å²) in [7, 11) is 1.50. The topological polar surface area (TPSA) is 19.7 Å². The molecule has 0 aliphatic carbocycles. The molecule has 1 rings (SSSR count). The fourth-order valence-electron chi connectivity index (χ4n) is 0.610. The largest absolute Gasteiger partial charge is 0.423 e. The van der Waals surface area contributed by atoms with Gasteiger partial charge in [-0.3, -0.25) is 0 Å². The van der Waals surface area contributed by atoms with Crippen molar-refractivity contribution >= 4 is 0 Å². The van der Waals surface area contributed by atoms with Gasteiger partial charge in [0, 0.05) is 0 Å². The van der Waals surface area contributed by atoms with Crippen LogP contribution in [0.3, 0.4) is 0 Å². The van der Waals surface area contributed by atoms with Crippen LogP contribution in [0, 0.1) is 0 Å². The molecule has 1 N–H and O–H groups in total. The number of aryl methyl sites for hydroxylation is 1. The van der Waals surface area contributed by atoms with Gasteiger partial charge in [-0.2, -0.15) is 18.3 Å². The van der Waals surface area contributed by atoms with Crippen LogP contribution < -0.4 is 4.68 Å². The maximum absolute atomic E-state index is 11.8. The first kappa shape index (κ1) is 7.11. The molecule has 0 aliphatic heterocycles. The van der Waals surface area contributed by atoms with Crippen LogP contribution in [0.25, 0.3) is 0 Å². The molecule has 0 fully saturated rings. The molecular formula is C5H6F3N2+. The SMILES string of the molecule is C[n+]1cc(C(F)(F)F)c[nH]1. The van der Waals surface area contributed by atoms with Crippen LogP contribution in [-0.4, -0.2) is 5.10 Å². The number of aromatic nitrogens is 2. The molecule has 1 aromatic rings. The monoisotopic (exact) mass is 151 g/mol. The van der Waals surface area contributed by atoms with Gasteiger partial charge in [0.25, 0.3) is 0 Å². The van der Waals surface area contributed by atoms with Crippen LogP contribution >= 0.6 is 0 Å². The lowest BCUT2D eigenvalue weighted by molar-refractivity contribution is -0.727. The predicted octanol–water partition coefficient (Wildman–Crippen LogP) is 0.858. The quantitative estimate of drug-likeness (QED) is 0.530. The summed E-state index contributed by atoms with van der Waals surface area (Å²) in [6.07, 6.45) is -2.34. The average molecular weight is 151 g/mol. The molecule has 2 nitrogen and oxygen atoms in total. The number of halogens is 3. The Balaban J connectivity index is 2.96. The van der Waals surface area contributed by atoms with Crippen molar-refractivity contribution in [3.63, 3.8) is 0 Å². The lowest BCUT2D eigenvalue weighted by Gasteiger charge is -1.97. The Morgan fingerprint density at radius 1 is 1.50 bits per heavy atom. The summed E-state index contributed by atoms with van der Waals surface area (Å²) < 4.78 is 36.5. The third-order valence-corrected chi connectivity index (χ3v) is 1.08. The van der Waals surface area contributed by atoms with Gasteiger partial charge in [-0.05, 0) is 0 Å². The lowest BCUT2D eigenvalue weighted by Crippen LogP contribution is -2.28. The van der Waals surface area contributed by atoms with E-state index in [1.807, 2.05) is 0 Å².